The van der Waals surface area contributed by atoms with Crippen molar-refractivity contribution < 1.29 is 9.47 Å². The summed E-state index contributed by atoms with van der Waals surface area (Å²) >= 11 is 6.12. The third-order valence-corrected chi connectivity index (χ3v) is 4.94. The van der Waals surface area contributed by atoms with Crippen LogP contribution in [-0.4, -0.2) is 25.4 Å². The largest absolute Gasteiger partial charge is 0.378 e. The van der Waals surface area contributed by atoms with Gasteiger partial charge in [-0.1, -0.05) is 17.7 Å². The first kappa shape index (κ1) is 14.3. The monoisotopic (exact) mass is 295 g/mol. The zero-order valence-electron chi connectivity index (χ0n) is 11.9. The van der Waals surface area contributed by atoms with E-state index in [1.54, 1.807) is 0 Å². The first-order valence-corrected chi connectivity index (χ1v) is 7.71. The van der Waals surface area contributed by atoms with Crippen molar-refractivity contribution in [2.75, 3.05) is 19.8 Å². The fraction of sp³-hybridized carbons (Fsp3) is 0.625. The molecule has 0 radical (unpaired) electrons. The molecule has 110 valence electrons. The van der Waals surface area contributed by atoms with Gasteiger partial charge in [-0.05, 0) is 48.9 Å². The van der Waals surface area contributed by atoms with Gasteiger partial charge in [0.2, 0.25) is 0 Å². The minimum Gasteiger partial charge on any atom is -0.378 e. The van der Waals surface area contributed by atoms with Crippen LogP contribution in [0.1, 0.15) is 36.4 Å². The molecule has 2 saturated heterocycles. The lowest BCUT2D eigenvalue weighted by molar-refractivity contribution is -0.101. The molecule has 3 unspecified atom stereocenters. The van der Waals surface area contributed by atoms with Crippen LogP contribution in [0.25, 0.3) is 0 Å². The van der Waals surface area contributed by atoms with Gasteiger partial charge >= 0.3 is 0 Å². The summed E-state index contributed by atoms with van der Waals surface area (Å²) in [7, 11) is 0. The quantitative estimate of drug-likeness (QED) is 0.911. The molecule has 0 amide bonds. The average molecular weight is 296 g/mol. The Morgan fingerprint density at radius 3 is 3.00 bits per heavy atom. The summed E-state index contributed by atoms with van der Waals surface area (Å²) in [6.45, 7) is 4.39. The smallest absolute Gasteiger partial charge is 0.0940 e. The molecule has 4 heteroatoms. The second-order valence-corrected chi connectivity index (χ2v) is 6.55. The van der Waals surface area contributed by atoms with Crippen molar-refractivity contribution in [3.05, 3.63) is 34.3 Å². The van der Waals surface area contributed by atoms with Crippen molar-refractivity contribution >= 4 is 11.6 Å². The summed E-state index contributed by atoms with van der Waals surface area (Å²) in [5.41, 5.74) is 8.82. The van der Waals surface area contributed by atoms with E-state index in [9.17, 15) is 0 Å². The van der Waals surface area contributed by atoms with Crippen LogP contribution in [0.2, 0.25) is 5.02 Å². The summed E-state index contributed by atoms with van der Waals surface area (Å²) in [6, 6.07) is 6.00. The summed E-state index contributed by atoms with van der Waals surface area (Å²) < 4.78 is 11.5. The van der Waals surface area contributed by atoms with Crippen LogP contribution in [0.4, 0.5) is 0 Å². The predicted octanol–water partition coefficient (Wildman–Crippen LogP) is 3.23. The molecule has 2 aliphatic heterocycles. The molecule has 1 aromatic rings. The van der Waals surface area contributed by atoms with Gasteiger partial charge in [0.05, 0.1) is 12.2 Å². The minimum absolute atomic E-state index is 0.0232. The Labute approximate surface area is 125 Å². The van der Waals surface area contributed by atoms with Gasteiger partial charge < -0.3 is 15.2 Å². The summed E-state index contributed by atoms with van der Waals surface area (Å²) in [4.78, 5) is 0. The molecular weight excluding hydrogens is 274 g/mol. The van der Waals surface area contributed by atoms with Gasteiger partial charge in [-0.3, -0.25) is 0 Å². The van der Waals surface area contributed by atoms with Gasteiger partial charge in [-0.15, -0.1) is 0 Å². The zero-order valence-corrected chi connectivity index (χ0v) is 12.7. The summed E-state index contributed by atoms with van der Waals surface area (Å²) in [5.74, 6) is 0.433. The van der Waals surface area contributed by atoms with Crippen LogP contribution in [0.15, 0.2) is 18.2 Å². The Morgan fingerprint density at radius 1 is 1.40 bits per heavy atom. The number of ether oxygens (including phenoxy) is 2. The molecule has 3 nitrogen and oxygen atoms in total. The zero-order chi connectivity index (χ0) is 14.2. The second kappa shape index (κ2) is 5.64. The van der Waals surface area contributed by atoms with E-state index < -0.39 is 0 Å². The van der Waals surface area contributed by atoms with Crippen molar-refractivity contribution in [2.45, 2.75) is 37.8 Å². The average Bonchev–Trinajstić information content (AvgIpc) is 2.88. The van der Waals surface area contributed by atoms with Crippen LogP contribution in [0.3, 0.4) is 0 Å². The highest BCUT2D eigenvalue weighted by molar-refractivity contribution is 6.30. The third kappa shape index (κ3) is 2.73. The van der Waals surface area contributed by atoms with Gasteiger partial charge in [0.1, 0.15) is 0 Å². The number of rotatable bonds is 2. The molecule has 2 aliphatic rings. The van der Waals surface area contributed by atoms with E-state index in [2.05, 4.69) is 6.92 Å². The van der Waals surface area contributed by atoms with E-state index in [0.29, 0.717) is 12.5 Å². The molecule has 0 aromatic heterocycles. The molecule has 20 heavy (non-hydrogen) atoms. The molecule has 2 N–H and O–H groups in total. The molecule has 0 bridgehead atoms. The van der Waals surface area contributed by atoms with E-state index in [4.69, 9.17) is 26.8 Å². The highest BCUT2D eigenvalue weighted by Crippen LogP contribution is 2.40. The van der Waals surface area contributed by atoms with E-state index >= 15 is 0 Å². The molecule has 2 heterocycles. The van der Waals surface area contributed by atoms with Crippen molar-refractivity contribution in [1.82, 2.24) is 0 Å². The normalized spacial score (nSPS) is 31.6. The predicted molar refractivity (Wildman–Crippen MR) is 80.0 cm³/mol. The Balaban J connectivity index is 1.79. The highest BCUT2D eigenvalue weighted by atomic mass is 35.5. The van der Waals surface area contributed by atoms with Gasteiger partial charge in [-0.25, -0.2) is 0 Å². The lowest BCUT2D eigenvalue weighted by Gasteiger charge is -2.39. The molecule has 1 aromatic carbocycles. The Bertz CT molecular complexity index is 485. The molecule has 1 spiro atoms. The van der Waals surface area contributed by atoms with Crippen LogP contribution >= 0.6 is 11.6 Å². The molecule has 3 rings (SSSR count). The first-order valence-electron chi connectivity index (χ1n) is 7.33. The number of nitrogens with two attached hydrogens (primary N) is 1. The van der Waals surface area contributed by atoms with Crippen molar-refractivity contribution in [3.8, 4) is 0 Å². The van der Waals surface area contributed by atoms with Crippen LogP contribution in [0, 0.1) is 12.8 Å². The number of halogens is 1. The van der Waals surface area contributed by atoms with Crippen molar-refractivity contribution in [1.29, 1.82) is 0 Å². The minimum atomic E-state index is -0.0903. The molecule has 0 aliphatic carbocycles. The summed E-state index contributed by atoms with van der Waals surface area (Å²) in [5, 5.41) is 0.757. The standard InChI is InChI=1S/C16H22ClNO2/c1-11-2-3-13(17)8-14(11)15(18)12-4-6-20-16(9-12)5-7-19-10-16/h2-3,8,12,15H,4-7,9-10,18H2,1H3. The maximum absolute atomic E-state index is 6.54. The van der Waals surface area contributed by atoms with Gasteiger partial charge in [0, 0.05) is 30.7 Å². The van der Waals surface area contributed by atoms with E-state index in [-0.39, 0.29) is 11.6 Å². The van der Waals surface area contributed by atoms with Crippen LogP contribution in [0.5, 0.6) is 0 Å². The fourth-order valence-corrected chi connectivity index (χ4v) is 3.64. The Kier molecular flexibility index (Phi) is 4.04. The summed E-state index contributed by atoms with van der Waals surface area (Å²) in [6.07, 6.45) is 2.99. The number of benzene rings is 1. The van der Waals surface area contributed by atoms with Crippen LogP contribution < -0.4 is 5.73 Å². The Hall–Kier alpha value is -0.610. The van der Waals surface area contributed by atoms with Crippen molar-refractivity contribution in [3.63, 3.8) is 0 Å². The van der Waals surface area contributed by atoms with Crippen LogP contribution in [-0.2, 0) is 9.47 Å². The maximum atomic E-state index is 6.54. The molecule has 2 fully saturated rings. The van der Waals surface area contributed by atoms with E-state index in [1.807, 2.05) is 18.2 Å². The van der Waals surface area contributed by atoms with Crippen molar-refractivity contribution in [2.24, 2.45) is 11.7 Å². The molecular formula is C16H22ClNO2. The van der Waals surface area contributed by atoms with Gasteiger partial charge in [-0.2, -0.15) is 0 Å². The third-order valence-electron chi connectivity index (χ3n) is 4.71. The maximum Gasteiger partial charge on any atom is 0.0940 e. The van der Waals surface area contributed by atoms with Gasteiger partial charge in [0.25, 0.3) is 0 Å². The number of hydrogen-bond acceptors (Lipinski definition) is 3. The highest BCUT2D eigenvalue weighted by Gasteiger charge is 2.42. The second-order valence-electron chi connectivity index (χ2n) is 6.11. The SMILES string of the molecule is Cc1ccc(Cl)cc1C(N)C1CCOC2(CCOC2)C1. The van der Waals surface area contributed by atoms with E-state index in [0.717, 1.165) is 37.5 Å². The Morgan fingerprint density at radius 2 is 2.25 bits per heavy atom. The number of aryl methyl sites for hydroxylation is 1. The first-order chi connectivity index (χ1) is 9.60. The topological polar surface area (TPSA) is 44.5 Å². The molecule has 3 atom stereocenters. The van der Waals surface area contributed by atoms with E-state index in [1.165, 1.54) is 11.1 Å². The lowest BCUT2D eigenvalue weighted by Crippen LogP contribution is -2.43. The number of hydrogen-bond donors (Lipinski definition) is 1. The molecule has 0 saturated carbocycles. The fourth-order valence-electron chi connectivity index (χ4n) is 3.46. The lowest BCUT2D eigenvalue weighted by atomic mass is 9.78. The van der Waals surface area contributed by atoms with Gasteiger partial charge in [0.15, 0.2) is 0 Å².